The third-order valence-electron chi connectivity index (χ3n) is 3.76. The first-order valence-corrected chi connectivity index (χ1v) is 6.64. The first-order valence-electron chi connectivity index (χ1n) is 6.64. The van der Waals surface area contributed by atoms with Gasteiger partial charge in [0.2, 0.25) is 6.79 Å². The molecule has 2 aromatic rings. The van der Waals surface area contributed by atoms with E-state index in [9.17, 15) is 9.90 Å². The lowest BCUT2D eigenvalue weighted by atomic mass is 9.86. The van der Waals surface area contributed by atoms with Crippen LogP contribution in [0.25, 0.3) is 0 Å². The van der Waals surface area contributed by atoms with E-state index in [1.807, 2.05) is 18.2 Å². The molecule has 0 aromatic heterocycles. The zero-order valence-electron chi connectivity index (χ0n) is 11.0. The third kappa shape index (κ3) is 1.98. The molecular formula is C16H12O5. The fraction of sp³-hybridized carbons (Fsp3) is 0.188. The Hall–Kier alpha value is -2.69. The average Bonchev–Trinajstić information content (AvgIpc) is 2.94. The van der Waals surface area contributed by atoms with Crippen LogP contribution in [0, 0.1) is 0 Å². The van der Waals surface area contributed by atoms with Gasteiger partial charge in [0.25, 0.3) is 0 Å². The van der Waals surface area contributed by atoms with Gasteiger partial charge in [-0.2, -0.15) is 0 Å². The molecule has 2 aromatic carbocycles. The molecule has 4 rings (SSSR count). The fourth-order valence-electron chi connectivity index (χ4n) is 2.77. The summed E-state index contributed by atoms with van der Waals surface area (Å²) in [5.41, 5.74) is 1.73. The average molecular weight is 284 g/mol. The lowest BCUT2D eigenvalue weighted by Crippen LogP contribution is -2.20. The van der Waals surface area contributed by atoms with Gasteiger partial charge in [-0.15, -0.1) is 0 Å². The highest BCUT2D eigenvalue weighted by Gasteiger charge is 2.30. The van der Waals surface area contributed by atoms with E-state index in [0.29, 0.717) is 17.2 Å². The third-order valence-corrected chi connectivity index (χ3v) is 3.76. The molecule has 0 saturated heterocycles. The first-order chi connectivity index (χ1) is 10.2. The van der Waals surface area contributed by atoms with Crippen molar-refractivity contribution in [2.24, 2.45) is 0 Å². The van der Waals surface area contributed by atoms with Crippen molar-refractivity contribution in [2.45, 2.75) is 12.3 Å². The standard InChI is InChI=1S/C16H12O5/c17-10-2-4-13-12(6-10)11(7-16(18)21-13)9-1-3-14-15(5-9)20-8-19-14/h1-6,11,17H,7-8H2/t11-/m0/s1. The number of carbonyl (C=O) groups excluding carboxylic acids is 1. The van der Waals surface area contributed by atoms with Crippen LogP contribution >= 0.6 is 0 Å². The molecular weight excluding hydrogens is 272 g/mol. The Kier molecular flexibility index (Phi) is 2.54. The summed E-state index contributed by atoms with van der Waals surface area (Å²) < 4.78 is 15.9. The Bertz CT molecular complexity index is 737. The molecule has 0 spiro atoms. The minimum Gasteiger partial charge on any atom is -0.508 e. The van der Waals surface area contributed by atoms with Gasteiger partial charge in [-0.1, -0.05) is 6.07 Å². The number of ether oxygens (including phenoxy) is 3. The predicted molar refractivity (Wildman–Crippen MR) is 72.8 cm³/mol. The van der Waals surface area contributed by atoms with Gasteiger partial charge in [-0.25, -0.2) is 0 Å². The van der Waals surface area contributed by atoms with E-state index in [0.717, 1.165) is 11.1 Å². The van der Waals surface area contributed by atoms with E-state index >= 15 is 0 Å². The molecule has 0 unspecified atom stereocenters. The van der Waals surface area contributed by atoms with Gasteiger partial charge in [-0.05, 0) is 35.9 Å². The molecule has 5 nitrogen and oxygen atoms in total. The van der Waals surface area contributed by atoms with Crippen LogP contribution in [-0.4, -0.2) is 17.9 Å². The summed E-state index contributed by atoms with van der Waals surface area (Å²) in [6, 6.07) is 10.4. The molecule has 2 aliphatic heterocycles. The molecule has 1 atom stereocenters. The number of rotatable bonds is 1. The summed E-state index contributed by atoms with van der Waals surface area (Å²) >= 11 is 0. The van der Waals surface area contributed by atoms with Crippen molar-refractivity contribution in [1.29, 1.82) is 0 Å². The molecule has 0 fully saturated rings. The summed E-state index contributed by atoms with van der Waals surface area (Å²) in [6.07, 6.45) is 0.232. The molecule has 2 heterocycles. The molecule has 0 bridgehead atoms. The second-order valence-electron chi connectivity index (χ2n) is 5.07. The zero-order valence-corrected chi connectivity index (χ0v) is 11.0. The van der Waals surface area contributed by atoms with Crippen molar-refractivity contribution in [3.8, 4) is 23.0 Å². The number of hydrogen-bond acceptors (Lipinski definition) is 5. The van der Waals surface area contributed by atoms with Crippen molar-refractivity contribution in [1.82, 2.24) is 0 Å². The molecule has 2 aliphatic rings. The maximum absolute atomic E-state index is 11.8. The van der Waals surface area contributed by atoms with Gasteiger partial charge in [0.1, 0.15) is 11.5 Å². The number of esters is 1. The fourth-order valence-corrected chi connectivity index (χ4v) is 2.77. The van der Waals surface area contributed by atoms with Crippen LogP contribution in [0.3, 0.4) is 0 Å². The van der Waals surface area contributed by atoms with Gasteiger partial charge in [0.05, 0.1) is 6.42 Å². The van der Waals surface area contributed by atoms with Crippen molar-refractivity contribution >= 4 is 5.97 Å². The number of fused-ring (bicyclic) bond motifs is 2. The van der Waals surface area contributed by atoms with Gasteiger partial charge < -0.3 is 19.3 Å². The normalized spacial score (nSPS) is 19.0. The number of aromatic hydroxyl groups is 1. The zero-order chi connectivity index (χ0) is 14.4. The van der Waals surface area contributed by atoms with E-state index in [2.05, 4.69) is 0 Å². The summed E-state index contributed by atoms with van der Waals surface area (Å²) in [6.45, 7) is 0.211. The van der Waals surface area contributed by atoms with Crippen molar-refractivity contribution in [3.05, 3.63) is 47.5 Å². The quantitative estimate of drug-likeness (QED) is 0.644. The van der Waals surface area contributed by atoms with E-state index in [4.69, 9.17) is 14.2 Å². The second kappa shape index (κ2) is 4.41. The van der Waals surface area contributed by atoms with Crippen LogP contribution in [0.5, 0.6) is 23.0 Å². The van der Waals surface area contributed by atoms with Gasteiger partial charge in [0.15, 0.2) is 11.5 Å². The minimum absolute atomic E-state index is 0.150. The molecule has 0 saturated carbocycles. The summed E-state index contributed by atoms with van der Waals surface area (Å²) in [5.74, 6) is 1.57. The smallest absolute Gasteiger partial charge is 0.312 e. The van der Waals surface area contributed by atoms with E-state index in [1.54, 1.807) is 12.1 Å². The molecule has 106 valence electrons. The van der Waals surface area contributed by atoms with Crippen molar-refractivity contribution < 1.29 is 24.1 Å². The van der Waals surface area contributed by atoms with Crippen LogP contribution in [0.1, 0.15) is 23.5 Å². The lowest BCUT2D eigenvalue weighted by Gasteiger charge is -2.25. The monoisotopic (exact) mass is 284 g/mol. The number of phenols is 1. The number of carbonyl (C=O) groups is 1. The molecule has 21 heavy (non-hydrogen) atoms. The minimum atomic E-state index is -0.282. The van der Waals surface area contributed by atoms with Gasteiger partial charge in [0, 0.05) is 11.5 Å². The van der Waals surface area contributed by atoms with Gasteiger partial charge >= 0.3 is 5.97 Å². The maximum Gasteiger partial charge on any atom is 0.312 e. The highest BCUT2D eigenvalue weighted by Crippen LogP contribution is 2.43. The van der Waals surface area contributed by atoms with Gasteiger partial charge in [-0.3, -0.25) is 4.79 Å². The summed E-state index contributed by atoms with van der Waals surface area (Å²) in [7, 11) is 0. The first kappa shape index (κ1) is 12.1. The van der Waals surface area contributed by atoms with E-state index < -0.39 is 0 Å². The van der Waals surface area contributed by atoms with E-state index in [-0.39, 0.29) is 30.9 Å². The lowest BCUT2D eigenvalue weighted by molar-refractivity contribution is -0.135. The highest BCUT2D eigenvalue weighted by molar-refractivity contribution is 5.78. The van der Waals surface area contributed by atoms with Crippen LogP contribution in [0.4, 0.5) is 0 Å². The topological polar surface area (TPSA) is 65.0 Å². The van der Waals surface area contributed by atoms with Crippen LogP contribution in [-0.2, 0) is 4.79 Å². The molecule has 5 heteroatoms. The Balaban J connectivity index is 1.82. The Morgan fingerprint density at radius 2 is 1.81 bits per heavy atom. The molecule has 1 N–H and O–H groups in total. The molecule has 0 radical (unpaired) electrons. The number of phenolic OH excluding ortho intramolecular Hbond substituents is 1. The highest BCUT2D eigenvalue weighted by atomic mass is 16.7. The summed E-state index contributed by atoms with van der Waals surface area (Å²) in [4.78, 5) is 11.8. The number of hydrogen-bond donors (Lipinski definition) is 1. The maximum atomic E-state index is 11.8. The predicted octanol–water partition coefficient (Wildman–Crippen LogP) is 2.56. The van der Waals surface area contributed by atoms with Crippen molar-refractivity contribution in [3.63, 3.8) is 0 Å². The van der Waals surface area contributed by atoms with Crippen LogP contribution in [0.2, 0.25) is 0 Å². The van der Waals surface area contributed by atoms with Crippen LogP contribution < -0.4 is 14.2 Å². The second-order valence-corrected chi connectivity index (χ2v) is 5.07. The molecule has 0 amide bonds. The summed E-state index contributed by atoms with van der Waals surface area (Å²) in [5, 5.41) is 9.69. The number of benzene rings is 2. The molecule has 0 aliphatic carbocycles. The SMILES string of the molecule is O=C1C[C@@H](c2ccc3c(c2)OCO3)c2cc(O)ccc2O1. The Labute approximate surface area is 120 Å². The van der Waals surface area contributed by atoms with E-state index in [1.165, 1.54) is 6.07 Å². The van der Waals surface area contributed by atoms with Crippen LogP contribution in [0.15, 0.2) is 36.4 Å². The van der Waals surface area contributed by atoms with Crippen molar-refractivity contribution in [2.75, 3.05) is 6.79 Å². The largest absolute Gasteiger partial charge is 0.508 e. The Morgan fingerprint density at radius 3 is 2.71 bits per heavy atom. The Morgan fingerprint density at radius 1 is 1.00 bits per heavy atom.